The summed E-state index contributed by atoms with van der Waals surface area (Å²) < 4.78 is 5.92. The van der Waals surface area contributed by atoms with Crippen molar-refractivity contribution in [2.45, 2.75) is 25.7 Å². The van der Waals surface area contributed by atoms with E-state index >= 15 is 0 Å². The summed E-state index contributed by atoms with van der Waals surface area (Å²) in [7, 11) is 3.61. The van der Waals surface area contributed by atoms with E-state index in [0.717, 1.165) is 29.5 Å². The molecular weight excluding hydrogens is 438 g/mol. The van der Waals surface area contributed by atoms with Crippen LogP contribution in [0.5, 0.6) is 5.75 Å². The van der Waals surface area contributed by atoms with E-state index in [9.17, 15) is 4.79 Å². The van der Waals surface area contributed by atoms with Gasteiger partial charge in [-0.15, -0.1) is 11.3 Å². The largest absolute Gasteiger partial charge is 0.491 e. The number of carbonyl (C=O) groups is 1. The maximum absolute atomic E-state index is 12.5. The Bertz CT molecular complexity index is 1190. The number of benzene rings is 1. The molecule has 1 aromatic carbocycles. The van der Waals surface area contributed by atoms with Gasteiger partial charge in [-0.1, -0.05) is 0 Å². The van der Waals surface area contributed by atoms with Gasteiger partial charge in [0.2, 0.25) is 5.91 Å². The molecule has 4 rings (SSSR count). The quantitative estimate of drug-likeness (QED) is 0.226. The van der Waals surface area contributed by atoms with Crippen LogP contribution in [-0.2, 0) is 17.6 Å². The fourth-order valence-corrected chi connectivity index (χ4v) is 5.40. The molecule has 0 saturated carbocycles. The summed E-state index contributed by atoms with van der Waals surface area (Å²) in [6, 6.07) is 3.51. The van der Waals surface area contributed by atoms with E-state index in [0.29, 0.717) is 48.1 Å². The van der Waals surface area contributed by atoms with Crippen molar-refractivity contribution in [1.82, 2.24) is 14.9 Å². The number of nitrogen functional groups attached to an aromatic ring is 1. The Balaban J connectivity index is 1.71. The maximum Gasteiger partial charge on any atom is 0.225 e. The average Bonchev–Trinajstić information content (AvgIpc) is 3.18. The van der Waals surface area contributed by atoms with E-state index in [1.807, 2.05) is 0 Å². The fraction of sp³-hybridized carbons (Fsp3) is 0.391. The first-order chi connectivity index (χ1) is 15.9. The highest BCUT2D eigenvalue weighted by Gasteiger charge is 2.30. The Morgan fingerprint density at radius 3 is 2.94 bits per heavy atom. The van der Waals surface area contributed by atoms with Crippen molar-refractivity contribution in [3.05, 3.63) is 34.5 Å². The second-order valence-electron chi connectivity index (χ2n) is 8.32. The molecule has 1 aliphatic rings. The molecule has 1 amide bonds. The summed E-state index contributed by atoms with van der Waals surface area (Å²) >= 11 is 1.63. The zero-order chi connectivity index (χ0) is 23.5. The molecule has 2 heterocycles. The van der Waals surface area contributed by atoms with E-state index in [1.165, 1.54) is 16.7 Å². The topological polar surface area (TPSA) is 143 Å². The summed E-state index contributed by atoms with van der Waals surface area (Å²) in [5.41, 5.74) is 14.6. The highest BCUT2D eigenvalue weighted by Crippen LogP contribution is 2.41. The fourth-order valence-electron chi connectivity index (χ4n) is 4.13. The molecule has 0 aliphatic heterocycles. The summed E-state index contributed by atoms with van der Waals surface area (Å²) in [5, 5.41) is 12.0. The molecule has 3 aromatic rings. The molecule has 1 atom stereocenters. The van der Waals surface area contributed by atoms with E-state index in [2.05, 4.69) is 15.3 Å². The molecule has 33 heavy (non-hydrogen) atoms. The number of aryl methyl sites for hydroxylation is 1. The van der Waals surface area contributed by atoms with E-state index in [1.54, 1.807) is 48.8 Å². The Morgan fingerprint density at radius 1 is 1.39 bits per heavy atom. The number of hydrogen-bond donors (Lipinski definition) is 4. The van der Waals surface area contributed by atoms with Gasteiger partial charge < -0.3 is 31.8 Å². The summed E-state index contributed by atoms with van der Waals surface area (Å²) in [4.78, 5) is 25.3. The van der Waals surface area contributed by atoms with Gasteiger partial charge in [-0.3, -0.25) is 4.79 Å². The molecule has 174 valence electrons. The van der Waals surface area contributed by atoms with Crippen LogP contribution >= 0.6 is 11.3 Å². The lowest BCUT2D eigenvalue weighted by atomic mass is 9.87. The van der Waals surface area contributed by atoms with Crippen molar-refractivity contribution in [2.75, 3.05) is 38.3 Å². The van der Waals surface area contributed by atoms with E-state index in [-0.39, 0.29) is 11.8 Å². The lowest BCUT2D eigenvalue weighted by Crippen LogP contribution is -2.32. The number of aromatic nitrogens is 2. The van der Waals surface area contributed by atoms with Gasteiger partial charge in [0, 0.05) is 48.4 Å². The van der Waals surface area contributed by atoms with Gasteiger partial charge in [0.1, 0.15) is 22.7 Å². The highest BCUT2D eigenvalue weighted by atomic mass is 32.1. The van der Waals surface area contributed by atoms with Gasteiger partial charge >= 0.3 is 0 Å². The minimum Gasteiger partial charge on any atom is -0.491 e. The lowest BCUT2D eigenvalue weighted by Gasteiger charge is -2.24. The van der Waals surface area contributed by atoms with Crippen LogP contribution in [0.3, 0.4) is 0 Å². The number of hydrogen-bond acceptors (Lipinski definition) is 9. The molecule has 0 fully saturated rings. The molecule has 0 spiro atoms. The Morgan fingerprint density at radius 2 is 2.21 bits per heavy atom. The van der Waals surface area contributed by atoms with Gasteiger partial charge in [-0.25, -0.2) is 9.97 Å². The number of nitrogens with one attached hydrogen (secondary N) is 2. The first kappa shape index (κ1) is 22.9. The minimum atomic E-state index is -0.000253. The Hall–Kier alpha value is -3.24. The summed E-state index contributed by atoms with van der Waals surface area (Å²) in [6.45, 7) is 0.991. The van der Waals surface area contributed by atoms with Crippen LogP contribution in [0.15, 0.2) is 18.5 Å². The van der Waals surface area contributed by atoms with Crippen LogP contribution in [0.25, 0.3) is 10.2 Å². The van der Waals surface area contributed by atoms with Gasteiger partial charge in [-0.05, 0) is 43.9 Å². The van der Waals surface area contributed by atoms with Crippen LogP contribution in [0.4, 0.5) is 17.2 Å². The predicted octanol–water partition coefficient (Wildman–Crippen LogP) is 2.94. The molecule has 9 nitrogen and oxygen atoms in total. The van der Waals surface area contributed by atoms with Crippen LogP contribution in [0, 0.1) is 11.3 Å². The highest BCUT2D eigenvalue weighted by molar-refractivity contribution is 7.19. The zero-order valence-electron chi connectivity index (χ0n) is 18.9. The van der Waals surface area contributed by atoms with Crippen molar-refractivity contribution < 1.29 is 9.53 Å². The molecule has 1 aliphatic carbocycles. The van der Waals surface area contributed by atoms with Crippen molar-refractivity contribution >= 4 is 50.9 Å². The number of amides is 1. The van der Waals surface area contributed by atoms with E-state index in [4.69, 9.17) is 21.6 Å². The second kappa shape index (κ2) is 9.72. The van der Waals surface area contributed by atoms with Crippen molar-refractivity contribution in [3.63, 3.8) is 0 Å². The van der Waals surface area contributed by atoms with Crippen molar-refractivity contribution in [1.29, 1.82) is 5.41 Å². The van der Waals surface area contributed by atoms with E-state index < -0.39 is 0 Å². The number of nitrogens with zero attached hydrogens (tertiary/aromatic N) is 3. The molecule has 1 unspecified atom stereocenters. The normalized spacial score (nSPS) is 15.2. The molecule has 2 aromatic heterocycles. The number of anilines is 3. The van der Waals surface area contributed by atoms with Crippen LogP contribution in [0.1, 0.15) is 28.8 Å². The Kier molecular flexibility index (Phi) is 6.75. The number of rotatable bonds is 8. The molecular formula is C23H29N7O2S. The molecule has 6 N–H and O–H groups in total. The molecule has 0 radical (unpaired) electrons. The molecule has 0 saturated heterocycles. The second-order valence-corrected chi connectivity index (χ2v) is 9.40. The summed E-state index contributed by atoms with van der Waals surface area (Å²) in [6.07, 6.45) is 5.80. The molecule has 0 bridgehead atoms. The third-order valence-electron chi connectivity index (χ3n) is 5.84. The number of ether oxygens (including phenoxy) is 1. The van der Waals surface area contributed by atoms with Crippen LogP contribution in [-0.4, -0.2) is 54.2 Å². The maximum atomic E-state index is 12.5. The number of thiophene rings is 1. The smallest absolute Gasteiger partial charge is 0.225 e. The number of fused-ring (bicyclic) bond motifs is 3. The van der Waals surface area contributed by atoms with Gasteiger partial charge in [0.15, 0.2) is 0 Å². The van der Waals surface area contributed by atoms with Gasteiger partial charge in [-0.2, -0.15) is 0 Å². The van der Waals surface area contributed by atoms with Crippen LogP contribution in [0.2, 0.25) is 0 Å². The first-order valence-corrected chi connectivity index (χ1v) is 11.7. The predicted molar refractivity (Wildman–Crippen MR) is 133 cm³/mol. The third-order valence-corrected chi connectivity index (χ3v) is 7.00. The zero-order valence-corrected chi connectivity index (χ0v) is 19.7. The SMILES string of the molecule is CN(C)C(=O)C1CCc2c(sc3ncnc(Nc4cc(C=N)c(N)cc4OCCCN)c23)C1. The number of nitrogens with two attached hydrogens (primary N) is 2. The Labute approximate surface area is 196 Å². The number of carbonyl (C=O) groups excluding carboxylic acids is 1. The third kappa shape index (κ3) is 4.62. The standard InChI is InChI=1S/C23H29N7O2S/c1-30(2)23(31)13-4-5-15-19(9-13)33-22-20(15)21(27-12-28-22)29-17-8-14(11-25)16(26)10-18(17)32-7-3-6-24/h8,10-13,25H,3-7,9,24,26H2,1-2H3,(H,27,28,29). The minimum absolute atomic E-state index is 0.000253. The molecule has 10 heteroatoms. The van der Waals surface area contributed by atoms with Crippen LogP contribution < -0.4 is 21.5 Å². The van der Waals surface area contributed by atoms with Gasteiger partial charge in [0.05, 0.1) is 17.7 Å². The van der Waals surface area contributed by atoms with Gasteiger partial charge in [0.25, 0.3) is 0 Å². The monoisotopic (exact) mass is 467 g/mol. The first-order valence-electron chi connectivity index (χ1n) is 10.9. The van der Waals surface area contributed by atoms with Crippen molar-refractivity contribution in [3.8, 4) is 5.75 Å². The average molecular weight is 468 g/mol. The summed E-state index contributed by atoms with van der Waals surface area (Å²) in [5.74, 6) is 1.43. The van der Waals surface area contributed by atoms with Crippen molar-refractivity contribution in [2.24, 2.45) is 11.7 Å². The lowest BCUT2D eigenvalue weighted by molar-refractivity contribution is -0.133.